The van der Waals surface area contributed by atoms with Gasteiger partial charge in [-0.3, -0.25) is 9.69 Å². The molecule has 3 saturated heterocycles. The molecule has 12 nitrogen and oxygen atoms in total. The number of piperazine rings is 1. The summed E-state index contributed by atoms with van der Waals surface area (Å²) in [6.07, 6.45) is -0.636. The van der Waals surface area contributed by atoms with Gasteiger partial charge >= 0.3 is 0 Å². The summed E-state index contributed by atoms with van der Waals surface area (Å²) >= 11 is 0. The second kappa shape index (κ2) is 14.4. The first-order valence-electron chi connectivity index (χ1n) is 15.7. The predicted molar refractivity (Wildman–Crippen MR) is 169 cm³/mol. The molecule has 0 spiro atoms. The van der Waals surface area contributed by atoms with E-state index in [0.29, 0.717) is 48.5 Å². The quantitative estimate of drug-likeness (QED) is 0.355. The van der Waals surface area contributed by atoms with Crippen molar-refractivity contribution in [2.24, 2.45) is 0 Å². The lowest BCUT2D eigenvalue weighted by Gasteiger charge is -2.43. The Labute approximate surface area is 268 Å². The molecule has 6 rings (SSSR count). The number of carbonyl (C=O) groups is 1. The monoisotopic (exact) mass is 630 g/mol. The topological polar surface area (TPSA) is 129 Å². The summed E-state index contributed by atoms with van der Waals surface area (Å²) < 4.78 is 31.3. The summed E-state index contributed by atoms with van der Waals surface area (Å²) in [5.41, 5.74) is 3.16. The molecule has 13 heteroatoms. The van der Waals surface area contributed by atoms with Crippen LogP contribution in [-0.2, 0) is 20.7 Å². The van der Waals surface area contributed by atoms with Crippen LogP contribution in [0.15, 0.2) is 48.8 Å². The molecule has 0 unspecified atom stereocenters. The minimum Gasteiger partial charge on any atom is -0.486 e. The minimum absolute atomic E-state index is 0.0782. The highest BCUT2D eigenvalue weighted by molar-refractivity contribution is 5.80. The van der Waals surface area contributed by atoms with E-state index in [2.05, 4.69) is 48.3 Å². The van der Waals surface area contributed by atoms with Gasteiger partial charge in [0.05, 0.1) is 31.4 Å². The van der Waals surface area contributed by atoms with Gasteiger partial charge in [0.1, 0.15) is 36.2 Å². The summed E-state index contributed by atoms with van der Waals surface area (Å²) in [7, 11) is 1.45. The maximum Gasteiger partial charge on any atom is 0.251 e. The van der Waals surface area contributed by atoms with E-state index in [1.807, 2.05) is 18.2 Å². The van der Waals surface area contributed by atoms with Crippen molar-refractivity contribution in [3.05, 3.63) is 65.7 Å². The molecule has 3 aliphatic heterocycles. The van der Waals surface area contributed by atoms with Crippen LogP contribution >= 0.6 is 0 Å². The molecule has 0 aliphatic carbocycles. The van der Waals surface area contributed by atoms with Crippen LogP contribution in [0.2, 0.25) is 0 Å². The number of ether oxygens (including phenoxy) is 3. The van der Waals surface area contributed by atoms with Gasteiger partial charge in [-0.05, 0) is 48.9 Å². The van der Waals surface area contributed by atoms with Crippen LogP contribution in [-0.4, -0.2) is 115 Å². The van der Waals surface area contributed by atoms with Gasteiger partial charge in [0, 0.05) is 64.0 Å². The first-order valence-corrected chi connectivity index (χ1v) is 15.7. The van der Waals surface area contributed by atoms with E-state index in [0.717, 1.165) is 50.6 Å². The van der Waals surface area contributed by atoms with Crippen molar-refractivity contribution >= 4 is 23.2 Å². The van der Waals surface area contributed by atoms with Gasteiger partial charge in [-0.25, -0.2) is 14.4 Å². The zero-order valence-corrected chi connectivity index (χ0v) is 26.1. The molecule has 4 heterocycles. The number of anilines is 3. The number of methoxy groups -OCH3 is 1. The summed E-state index contributed by atoms with van der Waals surface area (Å²) in [6.45, 7) is 7.69. The fraction of sp³-hybridized carbons (Fsp3) is 0.485. The highest BCUT2D eigenvalue weighted by Gasteiger charge is 2.35. The maximum atomic E-state index is 15.0. The number of likely N-dealkylation sites (tertiary alicyclic amines) is 1. The SMILES string of the molecule is CO[C@@H](C)C(=O)N1CC[C@H](Oc2ccc(Cc3ncnc(Nc4ccc(N5CCN(C6COC6)CC5)cc4)n3)cc2C#N)[C@H](F)C1. The van der Waals surface area contributed by atoms with Crippen molar-refractivity contribution in [2.45, 2.75) is 44.2 Å². The van der Waals surface area contributed by atoms with Crippen LogP contribution in [0.5, 0.6) is 5.75 Å². The number of carbonyl (C=O) groups excluding carboxylic acids is 1. The zero-order valence-electron chi connectivity index (χ0n) is 26.1. The Morgan fingerprint density at radius 1 is 1.13 bits per heavy atom. The number of amides is 1. The average molecular weight is 631 g/mol. The number of nitriles is 1. The molecule has 3 fully saturated rings. The Morgan fingerprint density at radius 2 is 1.91 bits per heavy atom. The number of aromatic nitrogens is 3. The smallest absolute Gasteiger partial charge is 0.251 e. The zero-order chi connectivity index (χ0) is 32.0. The Morgan fingerprint density at radius 3 is 2.59 bits per heavy atom. The number of piperidine rings is 1. The number of rotatable bonds is 10. The first-order chi connectivity index (χ1) is 22.4. The van der Waals surface area contributed by atoms with Gasteiger partial charge in [-0.1, -0.05) is 6.07 Å². The lowest BCUT2D eigenvalue weighted by atomic mass is 10.0. The van der Waals surface area contributed by atoms with Gasteiger partial charge in [0.2, 0.25) is 5.95 Å². The number of nitrogens with zero attached hydrogens (tertiary/aromatic N) is 7. The van der Waals surface area contributed by atoms with Crippen LogP contribution in [0.1, 0.15) is 30.3 Å². The van der Waals surface area contributed by atoms with Crippen molar-refractivity contribution in [1.29, 1.82) is 5.26 Å². The second-order valence-electron chi connectivity index (χ2n) is 11.9. The van der Waals surface area contributed by atoms with Gasteiger partial charge < -0.3 is 29.3 Å². The van der Waals surface area contributed by atoms with Crippen molar-refractivity contribution in [3.8, 4) is 11.8 Å². The van der Waals surface area contributed by atoms with Crippen LogP contribution in [0.3, 0.4) is 0 Å². The molecular formula is C33H39FN8O4. The van der Waals surface area contributed by atoms with Crippen molar-refractivity contribution in [2.75, 3.05) is 69.8 Å². The Balaban J connectivity index is 1.03. The molecule has 0 saturated carbocycles. The van der Waals surface area contributed by atoms with Crippen molar-refractivity contribution < 1.29 is 23.4 Å². The molecule has 1 aromatic heterocycles. The molecule has 3 aliphatic rings. The fourth-order valence-electron chi connectivity index (χ4n) is 5.94. The highest BCUT2D eigenvalue weighted by atomic mass is 19.1. The number of nitrogens with one attached hydrogen (secondary N) is 1. The van der Waals surface area contributed by atoms with Gasteiger partial charge in [-0.15, -0.1) is 0 Å². The number of alkyl halides is 1. The summed E-state index contributed by atoms with van der Waals surface area (Å²) in [5.74, 6) is 1.02. The molecule has 0 radical (unpaired) electrons. The summed E-state index contributed by atoms with van der Waals surface area (Å²) in [6, 6.07) is 16.2. The standard InChI is InChI=1S/C33H39FN8O4/c1-22(44-2)32(43)42-10-9-30(28(34)18-42)46-29-8-3-23(15-24(29)17-35)16-31-36-21-37-33(39-31)38-25-4-6-26(7-5-25)40-11-13-41(14-12-40)27-19-45-20-27/h3-8,15,21-22,27-28,30H,9-14,16,18-20H2,1-2H3,(H,36,37,38,39)/t22-,28+,30-/m0/s1. The summed E-state index contributed by atoms with van der Waals surface area (Å²) in [5, 5.41) is 13.1. The van der Waals surface area contributed by atoms with Crippen molar-refractivity contribution in [3.63, 3.8) is 0 Å². The first kappa shape index (κ1) is 31.6. The van der Waals surface area contributed by atoms with E-state index >= 15 is 0 Å². The maximum absolute atomic E-state index is 15.0. The fourth-order valence-corrected chi connectivity index (χ4v) is 5.94. The van der Waals surface area contributed by atoms with E-state index in [-0.39, 0.29) is 12.5 Å². The third-order valence-electron chi connectivity index (χ3n) is 8.86. The normalized spacial score (nSPS) is 21.3. The largest absolute Gasteiger partial charge is 0.486 e. The minimum atomic E-state index is -1.39. The second-order valence-corrected chi connectivity index (χ2v) is 11.9. The Hall–Kier alpha value is -4.38. The predicted octanol–water partition coefficient (Wildman–Crippen LogP) is 2.95. The molecule has 1 N–H and O–H groups in total. The third kappa shape index (κ3) is 7.36. The molecular weight excluding hydrogens is 591 g/mol. The molecule has 3 atom stereocenters. The van der Waals surface area contributed by atoms with Crippen LogP contribution in [0, 0.1) is 11.3 Å². The molecule has 46 heavy (non-hydrogen) atoms. The van der Waals surface area contributed by atoms with Crippen molar-refractivity contribution in [1.82, 2.24) is 24.8 Å². The van der Waals surface area contributed by atoms with Gasteiger partial charge in [0.25, 0.3) is 5.91 Å². The van der Waals surface area contributed by atoms with Crippen LogP contribution in [0.4, 0.5) is 21.7 Å². The van der Waals surface area contributed by atoms with Crippen LogP contribution in [0.25, 0.3) is 0 Å². The average Bonchev–Trinajstić information content (AvgIpc) is 3.05. The van der Waals surface area contributed by atoms with Gasteiger partial charge in [0.15, 0.2) is 6.17 Å². The highest BCUT2D eigenvalue weighted by Crippen LogP contribution is 2.27. The number of hydrogen-bond donors (Lipinski definition) is 1. The van der Waals surface area contributed by atoms with E-state index in [4.69, 9.17) is 14.2 Å². The lowest BCUT2D eigenvalue weighted by molar-refractivity contribution is -0.144. The van der Waals surface area contributed by atoms with E-state index in [1.165, 1.54) is 24.0 Å². The van der Waals surface area contributed by atoms with E-state index in [1.54, 1.807) is 19.1 Å². The van der Waals surface area contributed by atoms with Gasteiger partial charge in [-0.2, -0.15) is 10.2 Å². The third-order valence-corrected chi connectivity index (χ3v) is 8.86. The molecule has 0 bridgehead atoms. The Kier molecular flexibility index (Phi) is 9.87. The number of hydrogen-bond acceptors (Lipinski definition) is 11. The molecule has 3 aromatic rings. The number of benzene rings is 2. The summed E-state index contributed by atoms with van der Waals surface area (Å²) in [4.78, 5) is 31.9. The lowest BCUT2D eigenvalue weighted by Crippen LogP contribution is -2.56. The molecule has 2 aromatic carbocycles. The van der Waals surface area contributed by atoms with E-state index < -0.39 is 18.4 Å². The van der Waals surface area contributed by atoms with E-state index in [9.17, 15) is 14.4 Å². The number of halogens is 1. The molecule has 242 valence electrons. The van der Waals surface area contributed by atoms with Crippen LogP contribution < -0.4 is 15.0 Å². The Bertz CT molecular complexity index is 1540. The molecule has 1 amide bonds.